The minimum absolute atomic E-state index is 0.0457. The van der Waals surface area contributed by atoms with Crippen molar-refractivity contribution in [2.24, 2.45) is 0 Å². The smallest absolute Gasteiger partial charge is 0.254 e. The van der Waals surface area contributed by atoms with Gasteiger partial charge in [0.15, 0.2) is 0 Å². The molecule has 124 valence electrons. The van der Waals surface area contributed by atoms with E-state index in [-0.39, 0.29) is 11.9 Å². The second-order valence-corrected chi connectivity index (χ2v) is 6.47. The van der Waals surface area contributed by atoms with Crippen LogP contribution in [0.3, 0.4) is 0 Å². The molecule has 25 heavy (non-hydrogen) atoms. The molecule has 3 heteroatoms. The predicted molar refractivity (Wildman–Crippen MR) is 103 cm³/mol. The largest absolute Gasteiger partial charge is 0.358 e. The molecular formula is C22H20N2O. The number of nitrogens with one attached hydrogen (secondary N) is 2. The maximum Gasteiger partial charge on any atom is 0.254 e. The summed E-state index contributed by atoms with van der Waals surface area (Å²) >= 11 is 0. The van der Waals surface area contributed by atoms with E-state index >= 15 is 0 Å². The molecule has 4 rings (SSSR count). The van der Waals surface area contributed by atoms with Gasteiger partial charge in [0.25, 0.3) is 5.91 Å². The van der Waals surface area contributed by atoms with Crippen LogP contribution in [-0.4, -0.2) is 10.9 Å². The SMILES string of the molecule is Cc1[nH]c2ccccc2c1C(=O)NC(C)c1ccc2ccccc2c1. The molecule has 0 aliphatic carbocycles. The molecule has 3 nitrogen and oxygen atoms in total. The molecule has 0 radical (unpaired) electrons. The number of rotatable bonds is 3. The Hall–Kier alpha value is -3.07. The van der Waals surface area contributed by atoms with E-state index in [4.69, 9.17) is 0 Å². The first-order valence-electron chi connectivity index (χ1n) is 8.50. The lowest BCUT2D eigenvalue weighted by Crippen LogP contribution is -2.27. The van der Waals surface area contributed by atoms with E-state index in [9.17, 15) is 4.79 Å². The fourth-order valence-electron chi connectivity index (χ4n) is 3.40. The molecule has 1 unspecified atom stereocenters. The van der Waals surface area contributed by atoms with Gasteiger partial charge in [-0.2, -0.15) is 0 Å². The Morgan fingerprint density at radius 1 is 0.960 bits per heavy atom. The number of aromatic amines is 1. The van der Waals surface area contributed by atoms with Gasteiger partial charge in [0.05, 0.1) is 11.6 Å². The number of H-pyrrole nitrogens is 1. The zero-order valence-electron chi connectivity index (χ0n) is 14.3. The quantitative estimate of drug-likeness (QED) is 0.538. The van der Waals surface area contributed by atoms with Gasteiger partial charge in [0, 0.05) is 16.6 Å². The van der Waals surface area contributed by atoms with Crippen molar-refractivity contribution in [1.82, 2.24) is 10.3 Å². The van der Waals surface area contributed by atoms with Gasteiger partial charge < -0.3 is 10.3 Å². The highest BCUT2D eigenvalue weighted by Crippen LogP contribution is 2.24. The molecule has 4 aromatic rings. The Kier molecular flexibility index (Phi) is 3.77. The van der Waals surface area contributed by atoms with E-state index < -0.39 is 0 Å². The van der Waals surface area contributed by atoms with E-state index in [0.717, 1.165) is 27.7 Å². The fourth-order valence-corrected chi connectivity index (χ4v) is 3.40. The third-order valence-electron chi connectivity index (χ3n) is 4.74. The molecule has 1 aromatic heterocycles. The topological polar surface area (TPSA) is 44.9 Å². The number of para-hydroxylation sites is 1. The molecule has 1 atom stereocenters. The summed E-state index contributed by atoms with van der Waals surface area (Å²) in [5, 5.41) is 6.49. The third-order valence-corrected chi connectivity index (χ3v) is 4.74. The first-order chi connectivity index (χ1) is 12.1. The number of carbonyl (C=O) groups excluding carboxylic acids is 1. The standard InChI is InChI=1S/C22H20N2O/c1-14(17-12-11-16-7-3-4-8-18(16)13-17)24-22(25)21-15(2)23-20-10-6-5-9-19(20)21/h3-14,23H,1-2H3,(H,24,25). The normalized spacial score (nSPS) is 12.4. The highest BCUT2D eigenvalue weighted by atomic mass is 16.1. The first kappa shape index (κ1) is 15.5. The molecule has 2 N–H and O–H groups in total. The van der Waals surface area contributed by atoms with Crippen molar-refractivity contribution in [1.29, 1.82) is 0 Å². The Morgan fingerprint density at radius 3 is 2.52 bits per heavy atom. The summed E-state index contributed by atoms with van der Waals surface area (Å²) in [4.78, 5) is 16.1. The summed E-state index contributed by atoms with van der Waals surface area (Å²) in [5.74, 6) is -0.0457. The summed E-state index contributed by atoms with van der Waals surface area (Å²) in [7, 11) is 0. The van der Waals surface area contributed by atoms with Crippen molar-refractivity contribution in [2.75, 3.05) is 0 Å². The minimum atomic E-state index is -0.0647. The molecule has 0 fully saturated rings. The number of fused-ring (bicyclic) bond motifs is 2. The first-order valence-corrected chi connectivity index (χ1v) is 8.50. The van der Waals surface area contributed by atoms with Crippen LogP contribution in [0.15, 0.2) is 66.7 Å². The summed E-state index contributed by atoms with van der Waals surface area (Å²) < 4.78 is 0. The van der Waals surface area contributed by atoms with Gasteiger partial charge in [-0.1, -0.05) is 54.6 Å². The lowest BCUT2D eigenvalue weighted by atomic mass is 10.0. The van der Waals surface area contributed by atoms with Crippen LogP contribution in [-0.2, 0) is 0 Å². The Labute approximate surface area is 146 Å². The lowest BCUT2D eigenvalue weighted by molar-refractivity contribution is 0.0941. The van der Waals surface area contributed by atoms with E-state index in [0.29, 0.717) is 0 Å². The van der Waals surface area contributed by atoms with Crippen LogP contribution in [0.5, 0.6) is 0 Å². The molecule has 1 heterocycles. The molecule has 0 saturated heterocycles. The van der Waals surface area contributed by atoms with Gasteiger partial charge in [-0.05, 0) is 42.3 Å². The lowest BCUT2D eigenvalue weighted by Gasteiger charge is -2.15. The second-order valence-electron chi connectivity index (χ2n) is 6.47. The highest BCUT2D eigenvalue weighted by molar-refractivity contribution is 6.08. The molecule has 3 aromatic carbocycles. The Morgan fingerprint density at radius 2 is 1.68 bits per heavy atom. The number of aryl methyl sites for hydroxylation is 1. The van der Waals surface area contributed by atoms with E-state index in [1.165, 1.54) is 10.8 Å². The van der Waals surface area contributed by atoms with Crippen LogP contribution in [0.1, 0.15) is 34.6 Å². The van der Waals surface area contributed by atoms with Crippen LogP contribution in [0.2, 0.25) is 0 Å². The zero-order chi connectivity index (χ0) is 17.4. The zero-order valence-corrected chi connectivity index (χ0v) is 14.3. The molecule has 0 aliphatic heterocycles. The molecule has 0 saturated carbocycles. The van der Waals surface area contributed by atoms with Crippen molar-refractivity contribution in [3.63, 3.8) is 0 Å². The molecule has 0 bridgehead atoms. The van der Waals surface area contributed by atoms with Crippen LogP contribution < -0.4 is 5.32 Å². The van der Waals surface area contributed by atoms with Crippen LogP contribution in [0.4, 0.5) is 0 Å². The van der Waals surface area contributed by atoms with E-state index in [1.54, 1.807) is 0 Å². The maximum atomic E-state index is 12.9. The molecule has 0 aliphatic rings. The van der Waals surface area contributed by atoms with Crippen molar-refractivity contribution < 1.29 is 4.79 Å². The second kappa shape index (κ2) is 6.10. The molecule has 1 amide bonds. The maximum absolute atomic E-state index is 12.9. The van der Waals surface area contributed by atoms with Crippen molar-refractivity contribution >= 4 is 27.6 Å². The number of hydrogen-bond donors (Lipinski definition) is 2. The summed E-state index contributed by atoms with van der Waals surface area (Å²) in [6, 6.07) is 22.4. The van der Waals surface area contributed by atoms with Crippen LogP contribution >= 0.6 is 0 Å². The van der Waals surface area contributed by atoms with Gasteiger partial charge in [-0.3, -0.25) is 4.79 Å². The predicted octanol–water partition coefficient (Wildman–Crippen LogP) is 5.12. The number of hydrogen-bond acceptors (Lipinski definition) is 1. The van der Waals surface area contributed by atoms with Gasteiger partial charge in [-0.15, -0.1) is 0 Å². The van der Waals surface area contributed by atoms with Gasteiger partial charge in [0.2, 0.25) is 0 Å². The Balaban J connectivity index is 1.63. The van der Waals surface area contributed by atoms with E-state index in [2.05, 4.69) is 40.6 Å². The molecule has 0 spiro atoms. The fraction of sp³-hybridized carbons (Fsp3) is 0.136. The third kappa shape index (κ3) is 2.78. The Bertz CT molecular complexity index is 1080. The average molecular weight is 328 g/mol. The number of aromatic nitrogens is 1. The van der Waals surface area contributed by atoms with Crippen LogP contribution in [0, 0.1) is 6.92 Å². The van der Waals surface area contributed by atoms with Gasteiger partial charge in [0.1, 0.15) is 0 Å². The summed E-state index contributed by atoms with van der Waals surface area (Å²) in [5.41, 5.74) is 3.71. The van der Waals surface area contributed by atoms with Gasteiger partial charge >= 0.3 is 0 Å². The monoisotopic (exact) mass is 328 g/mol. The van der Waals surface area contributed by atoms with Crippen LogP contribution in [0.25, 0.3) is 21.7 Å². The summed E-state index contributed by atoms with van der Waals surface area (Å²) in [6.45, 7) is 3.96. The average Bonchev–Trinajstić information content (AvgIpc) is 2.97. The minimum Gasteiger partial charge on any atom is -0.358 e. The number of benzene rings is 3. The number of carbonyl (C=O) groups is 1. The highest BCUT2D eigenvalue weighted by Gasteiger charge is 2.18. The number of amides is 1. The van der Waals surface area contributed by atoms with Crippen molar-refractivity contribution in [2.45, 2.75) is 19.9 Å². The van der Waals surface area contributed by atoms with Crippen molar-refractivity contribution in [3.05, 3.63) is 83.6 Å². The van der Waals surface area contributed by atoms with E-state index in [1.807, 2.05) is 50.2 Å². The van der Waals surface area contributed by atoms with Crippen molar-refractivity contribution in [3.8, 4) is 0 Å². The summed E-state index contributed by atoms with van der Waals surface area (Å²) in [6.07, 6.45) is 0. The van der Waals surface area contributed by atoms with Gasteiger partial charge in [-0.25, -0.2) is 0 Å². The molecular weight excluding hydrogens is 308 g/mol.